The van der Waals surface area contributed by atoms with Crippen molar-refractivity contribution in [3.8, 4) is 5.88 Å². The Bertz CT molecular complexity index is 1060. The first-order valence-electron chi connectivity index (χ1n) is 8.16. The van der Waals surface area contributed by atoms with Crippen LogP contribution in [0.15, 0.2) is 35.4 Å². The van der Waals surface area contributed by atoms with E-state index in [1.165, 1.54) is 38.4 Å². The van der Waals surface area contributed by atoms with Gasteiger partial charge in [-0.3, -0.25) is 4.79 Å². The van der Waals surface area contributed by atoms with Crippen LogP contribution >= 0.6 is 0 Å². The van der Waals surface area contributed by atoms with Crippen molar-refractivity contribution in [3.63, 3.8) is 0 Å². The second-order valence-corrected chi connectivity index (χ2v) is 8.15. The minimum atomic E-state index is -3.59. The highest BCUT2D eigenvalue weighted by atomic mass is 32.2. The Kier molecular flexibility index (Phi) is 5.01. The molecule has 2 aromatic rings. The molecule has 0 saturated carbocycles. The topological polar surface area (TPSA) is 82.6 Å². The van der Waals surface area contributed by atoms with Crippen LogP contribution in [0.25, 0.3) is 11.3 Å². The number of pyridine rings is 1. The molecule has 3 rings (SSSR count). The van der Waals surface area contributed by atoms with Gasteiger partial charge in [0.25, 0.3) is 0 Å². The van der Waals surface area contributed by atoms with Crippen molar-refractivity contribution in [3.05, 3.63) is 53.0 Å². The summed E-state index contributed by atoms with van der Waals surface area (Å²) in [6, 6.07) is 6.00. The number of carbonyl (C=O) groups is 1. The molecule has 1 aromatic carbocycles. The maximum atomic E-state index is 14.2. The van der Waals surface area contributed by atoms with Gasteiger partial charge in [-0.15, -0.1) is 0 Å². The third kappa shape index (κ3) is 3.71. The van der Waals surface area contributed by atoms with Gasteiger partial charge >= 0.3 is 5.97 Å². The fourth-order valence-corrected chi connectivity index (χ4v) is 3.90. The fraction of sp³-hybridized carbons (Fsp3) is 0.263. The summed E-state index contributed by atoms with van der Waals surface area (Å²) < 4.78 is 48.7. The van der Waals surface area contributed by atoms with E-state index >= 15 is 0 Å². The fourth-order valence-electron chi connectivity index (χ4n) is 3.10. The van der Waals surface area contributed by atoms with Crippen molar-refractivity contribution < 1.29 is 27.1 Å². The summed E-state index contributed by atoms with van der Waals surface area (Å²) in [7, 11) is -2.26. The number of esters is 1. The van der Waals surface area contributed by atoms with Crippen LogP contribution in [0, 0.1) is 5.82 Å². The van der Waals surface area contributed by atoms with E-state index in [0.717, 1.165) is 6.26 Å². The Hall–Kier alpha value is -2.74. The smallest absolute Gasteiger partial charge is 0.308 e. The van der Waals surface area contributed by atoms with E-state index in [1.54, 1.807) is 6.07 Å². The maximum Gasteiger partial charge on any atom is 0.308 e. The number of methoxy groups -OCH3 is 1. The van der Waals surface area contributed by atoms with Gasteiger partial charge in [-0.1, -0.05) is 12.1 Å². The SMILES string of the molecule is COc1ncc(C2=C(OC(C)=O)c3cccc(F)c3CC2)cc1S(C)(=O)=O. The highest BCUT2D eigenvalue weighted by Gasteiger charge is 2.26. The van der Waals surface area contributed by atoms with Crippen molar-refractivity contribution in [2.75, 3.05) is 13.4 Å². The van der Waals surface area contributed by atoms with Crippen molar-refractivity contribution in [2.24, 2.45) is 0 Å². The van der Waals surface area contributed by atoms with Crippen LogP contribution in [0.1, 0.15) is 30.0 Å². The number of benzene rings is 1. The molecule has 0 fully saturated rings. The van der Waals surface area contributed by atoms with E-state index in [2.05, 4.69) is 4.98 Å². The predicted octanol–water partition coefficient (Wildman–Crippen LogP) is 3.01. The molecule has 0 saturated heterocycles. The number of carbonyl (C=O) groups excluding carboxylic acids is 1. The number of halogens is 1. The summed E-state index contributed by atoms with van der Waals surface area (Å²) in [4.78, 5) is 15.6. The van der Waals surface area contributed by atoms with Crippen molar-refractivity contribution in [1.82, 2.24) is 4.98 Å². The number of hydrogen-bond acceptors (Lipinski definition) is 6. The Labute approximate surface area is 156 Å². The molecule has 6 nitrogen and oxygen atoms in total. The molecule has 8 heteroatoms. The third-order valence-electron chi connectivity index (χ3n) is 4.27. The maximum absolute atomic E-state index is 14.2. The van der Waals surface area contributed by atoms with Gasteiger partial charge in [0.1, 0.15) is 16.5 Å². The molecule has 0 aliphatic heterocycles. The molecule has 1 aliphatic rings. The first-order valence-corrected chi connectivity index (χ1v) is 10.0. The zero-order valence-corrected chi connectivity index (χ0v) is 15.9. The molecule has 0 unspecified atom stereocenters. The van der Waals surface area contributed by atoms with Gasteiger partial charge in [-0.2, -0.15) is 0 Å². The molecule has 27 heavy (non-hydrogen) atoms. The van der Waals surface area contributed by atoms with Crippen molar-refractivity contribution in [2.45, 2.75) is 24.7 Å². The average molecular weight is 391 g/mol. The van der Waals surface area contributed by atoms with E-state index in [1.807, 2.05) is 0 Å². The molecular formula is C19H18FNO5S. The van der Waals surface area contributed by atoms with Crippen LogP contribution in [0.2, 0.25) is 0 Å². The Balaban J connectivity index is 2.26. The number of sulfone groups is 1. The summed E-state index contributed by atoms with van der Waals surface area (Å²) in [5, 5.41) is 0. The summed E-state index contributed by atoms with van der Waals surface area (Å²) in [5.41, 5.74) is 2.00. The number of allylic oxidation sites excluding steroid dienone is 1. The summed E-state index contributed by atoms with van der Waals surface area (Å²) in [6.07, 6.45) is 3.27. The van der Waals surface area contributed by atoms with E-state index in [-0.39, 0.29) is 22.4 Å². The minimum absolute atomic E-state index is 0.0156. The van der Waals surface area contributed by atoms with E-state index in [0.29, 0.717) is 35.1 Å². The lowest BCUT2D eigenvalue weighted by Crippen LogP contribution is -2.12. The number of aromatic nitrogens is 1. The van der Waals surface area contributed by atoms with Crippen molar-refractivity contribution in [1.29, 1.82) is 0 Å². The highest BCUT2D eigenvalue weighted by Crippen LogP contribution is 2.39. The molecule has 0 atom stereocenters. The molecule has 0 radical (unpaired) electrons. The van der Waals surface area contributed by atoms with E-state index < -0.39 is 15.8 Å². The third-order valence-corrected chi connectivity index (χ3v) is 5.36. The zero-order chi connectivity index (χ0) is 19.8. The zero-order valence-electron chi connectivity index (χ0n) is 15.1. The molecule has 0 spiro atoms. The van der Waals surface area contributed by atoms with Crippen LogP contribution in [-0.2, 0) is 25.8 Å². The number of ether oxygens (including phenoxy) is 2. The minimum Gasteiger partial charge on any atom is -0.480 e. The quantitative estimate of drug-likeness (QED) is 0.745. The second kappa shape index (κ2) is 7.11. The van der Waals surface area contributed by atoms with E-state index in [4.69, 9.17) is 9.47 Å². The van der Waals surface area contributed by atoms with Crippen LogP contribution in [-0.4, -0.2) is 32.7 Å². The summed E-state index contributed by atoms with van der Waals surface area (Å²) >= 11 is 0. The standard InChI is InChI=1S/C19H18FNO5S/c1-11(22)26-18-13(7-8-14-15(18)5-4-6-16(14)20)12-9-17(27(3,23)24)19(25-2)21-10-12/h4-6,9-10H,7-8H2,1-3H3. The largest absolute Gasteiger partial charge is 0.480 e. The van der Waals surface area contributed by atoms with Gasteiger partial charge < -0.3 is 9.47 Å². The molecule has 1 aromatic heterocycles. The van der Waals surface area contributed by atoms with Crippen molar-refractivity contribution >= 4 is 27.1 Å². The van der Waals surface area contributed by atoms with Gasteiger partial charge in [0.15, 0.2) is 9.84 Å². The number of nitrogens with zero attached hydrogens (tertiary/aromatic N) is 1. The first-order chi connectivity index (χ1) is 12.7. The van der Waals surface area contributed by atoms with Crippen LogP contribution in [0.4, 0.5) is 4.39 Å². The lowest BCUT2D eigenvalue weighted by Gasteiger charge is -2.23. The molecule has 0 amide bonds. The Morgan fingerprint density at radius 2 is 2.00 bits per heavy atom. The first kappa shape index (κ1) is 19.0. The Morgan fingerprint density at radius 1 is 1.26 bits per heavy atom. The van der Waals surface area contributed by atoms with Crippen LogP contribution in [0.3, 0.4) is 0 Å². The molecular weight excluding hydrogens is 373 g/mol. The molecule has 1 heterocycles. The Morgan fingerprint density at radius 3 is 2.63 bits per heavy atom. The van der Waals surface area contributed by atoms with Crippen LogP contribution in [0.5, 0.6) is 5.88 Å². The molecule has 0 N–H and O–H groups in total. The predicted molar refractivity (Wildman–Crippen MR) is 97.2 cm³/mol. The monoisotopic (exact) mass is 391 g/mol. The normalized spacial score (nSPS) is 13.9. The lowest BCUT2D eigenvalue weighted by molar-refractivity contribution is -0.134. The number of rotatable bonds is 4. The van der Waals surface area contributed by atoms with E-state index in [9.17, 15) is 17.6 Å². The summed E-state index contributed by atoms with van der Waals surface area (Å²) in [6.45, 7) is 1.26. The lowest BCUT2D eigenvalue weighted by atomic mass is 9.87. The molecule has 142 valence electrons. The second-order valence-electron chi connectivity index (χ2n) is 6.17. The van der Waals surface area contributed by atoms with Gasteiger partial charge in [0, 0.05) is 36.1 Å². The van der Waals surface area contributed by atoms with Crippen LogP contribution < -0.4 is 4.74 Å². The van der Waals surface area contributed by atoms with Gasteiger partial charge in [0.2, 0.25) is 5.88 Å². The van der Waals surface area contributed by atoms with Gasteiger partial charge in [0.05, 0.1) is 7.11 Å². The molecule has 0 bridgehead atoms. The summed E-state index contributed by atoms with van der Waals surface area (Å²) in [5.74, 6) is -0.724. The average Bonchev–Trinajstić information content (AvgIpc) is 2.61. The highest BCUT2D eigenvalue weighted by molar-refractivity contribution is 7.90. The van der Waals surface area contributed by atoms with Gasteiger partial charge in [-0.25, -0.2) is 17.8 Å². The number of fused-ring (bicyclic) bond motifs is 1. The van der Waals surface area contributed by atoms with Gasteiger partial charge in [-0.05, 0) is 30.5 Å². The number of hydrogen-bond donors (Lipinski definition) is 0. The molecule has 1 aliphatic carbocycles.